The predicted molar refractivity (Wildman–Crippen MR) is 85.8 cm³/mol. The van der Waals surface area contributed by atoms with Crippen molar-refractivity contribution in [2.45, 2.75) is 58.4 Å². The lowest BCUT2D eigenvalue weighted by Gasteiger charge is -2.42. The third kappa shape index (κ3) is 3.00. The first-order valence-electron chi connectivity index (χ1n) is 8.43. The fourth-order valence-corrected chi connectivity index (χ4v) is 4.68. The SMILES string of the molecule is CC(C)CC1CCCC2(CC(=O)NC2c2ccccc2)C1. The summed E-state index contributed by atoms with van der Waals surface area (Å²) in [4.78, 5) is 12.1. The van der Waals surface area contributed by atoms with Crippen molar-refractivity contribution in [3.8, 4) is 0 Å². The predicted octanol–water partition coefficient (Wildman–Crippen LogP) is 4.47. The van der Waals surface area contributed by atoms with Gasteiger partial charge >= 0.3 is 0 Å². The first-order valence-corrected chi connectivity index (χ1v) is 8.43. The third-order valence-corrected chi connectivity index (χ3v) is 5.35. The minimum Gasteiger partial charge on any atom is -0.349 e. The van der Waals surface area contributed by atoms with Gasteiger partial charge in [0.2, 0.25) is 5.91 Å². The van der Waals surface area contributed by atoms with Crippen LogP contribution in [0.5, 0.6) is 0 Å². The Morgan fingerprint density at radius 3 is 2.76 bits per heavy atom. The Balaban J connectivity index is 1.85. The molecule has 1 saturated carbocycles. The first kappa shape index (κ1) is 14.6. The molecule has 3 atom stereocenters. The van der Waals surface area contributed by atoms with Crippen LogP contribution in [0.25, 0.3) is 0 Å². The summed E-state index contributed by atoms with van der Waals surface area (Å²) in [6, 6.07) is 10.8. The van der Waals surface area contributed by atoms with Crippen LogP contribution in [-0.4, -0.2) is 5.91 Å². The second-order valence-electron chi connectivity index (χ2n) is 7.54. The molecule has 0 radical (unpaired) electrons. The average Bonchev–Trinajstić information content (AvgIpc) is 2.75. The summed E-state index contributed by atoms with van der Waals surface area (Å²) in [6.45, 7) is 4.63. The molecule has 1 heterocycles. The van der Waals surface area contributed by atoms with E-state index in [0.717, 1.165) is 18.3 Å². The lowest BCUT2D eigenvalue weighted by Crippen LogP contribution is -2.34. The maximum absolute atomic E-state index is 12.1. The largest absolute Gasteiger partial charge is 0.349 e. The van der Waals surface area contributed by atoms with Gasteiger partial charge in [0.15, 0.2) is 0 Å². The fraction of sp³-hybridized carbons (Fsp3) is 0.632. The van der Waals surface area contributed by atoms with Gasteiger partial charge in [-0.1, -0.05) is 57.0 Å². The Hall–Kier alpha value is -1.31. The van der Waals surface area contributed by atoms with Crippen molar-refractivity contribution < 1.29 is 4.79 Å². The highest BCUT2D eigenvalue weighted by Gasteiger charge is 2.49. The molecule has 1 amide bonds. The molecule has 114 valence electrons. The van der Waals surface area contributed by atoms with Crippen LogP contribution in [0.3, 0.4) is 0 Å². The highest BCUT2D eigenvalue weighted by molar-refractivity contribution is 5.80. The molecular weight excluding hydrogens is 258 g/mol. The lowest BCUT2D eigenvalue weighted by atomic mass is 9.63. The average molecular weight is 285 g/mol. The summed E-state index contributed by atoms with van der Waals surface area (Å²) in [5.41, 5.74) is 1.45. The number of hydrogen-bond acceptors (Lipinski definition) is 1. The molecule has 3 rings (SSSR count). The van der Waals surface area contributed by atoms with Gasteiger partial charge < -0.3 is 5.32 Å². The molecule has 1 aliphatic heterocycles. The minimum absolute atomic E-state index is 0.163. The van der Waals surface area contributed by atoms with Crippen LogP contribution in [0.4, 0.5) is 0 Å². The third-order valence-electron chi connectivity index (χ3n) is 5.35. The molecule has 2 aliphatic rings. The zero-order chi connectivity index (χ0) is 14.9. The van der Waals surface area contributed by atoms with Crippen molar-refractivity contribution in [2.24, 2.45) is 17.3 Å². The Morgan fingerprint density at radius 1 is 1.29 bits per heavy atom. The maximum Gasteiger partial charge on any atom is 0.221 e. The van der Waals surface area contributed by atoms with E-state index in [1.165, 1.54) is 37.7 Å². The molecule has 1 N–H and O–H groups in total. The smallest absolute Gasteiger partial charge is 0.221 e. The molecule has 1 aromatic rings. The molecule has 1 saturated heterocycles. The van der Waals surface area contributed by atoms with E-state index in [0.29, 0.717) is 0 Å². The molecule has 0 bridgehead atoms. The molecular formula is C19H27NO. The van der Waals surface area contributed by atoms with Gasteiger partial charge in [-0.15, -0.1) is 0 Å². The van der Waals surface area contributed by atoms with E-state index in [4.69, 9.17) is 0 Å². The Labute approximate surface area is 128 Å². The Kier molecular flexibility index (Phi) is 4.05. The fourth-order valence-electron chi connectivity index (χ4n) is 4.68. The number of benzene rings is 1. The summed E-state index contributed by atoms with van der Waals surface area (Å²) < 4.78 is 0. The second kappa shape index (κ2) is 5.82. The van der Waals surface area contributed by atoms with E-state index in [9.17, 15) is 4.79 Å². The van der Waals surface area contributed by atoms with E-state index in [-0.39, 0.29) is 17.4 Å². The molecule has 1 spiro atoms. The van der Waals surface area contributed by atoms with Crippen LogP contribution < -0.4 is 5.32 Å². The zero-order valence-electron chi connectivity index (χ0n) is 13.3. The first-order chi connectivity index (χ1) is 10.1. The lowest BCUT2D eigenvalue weighted by molar-refractivity contribution is -0.120. The van der Waals surface area contributed by atoms with Crippen molar-refractivity contribution >= 4 is 5.91 Å². The van der Waals surface area contributed by atoms with E-state index in [2.05, 4.69) is 49.5 Å². The Morgan fingerprint density at radius 2 is 2.05 bits per heavy atom. The van der Waals surface area contributed by atoms with E-state index in [1.807, 2.05) is 0 Å². The number of hydrogen-bond donors (Lipinski definition) is 1. The van der Waals surface area contributed by atoms with Crippen molar-refractivity contribution in [1.82, 2.24) is 5.32 Å². The summed E-state index contributed by atoms with van der Waals surface area (Å²) in [5, 5.41) is 3.27. The van der Waals surface area contributed by atoms with Crippen molar-refractivity contribution in [2.75, 3.05) is 0 Å². The molecule has 2 fully saturated rings. The van der Waals surface area contributed by atoms with Crippen LogP contribution in [0.15, 0.2) is 30.3 Å². The second-order valence-corrected chi connectivity index (χ2v) is 7.54. The summed E-state index contributed by atoms with van der Waals surface area (Å²) in [6.07, 6.45) is 7.05. The van der Waals surface area contributed by atoms with Gasteiger partial charge in [-0.25, -0.2) is 0 Å². The van der Waals surface area contributed by atoms with E-state index < -0.39 is 0 Å². The van der Waals surface area contributed by atoms with Gasteiger partial charge in [-0.2, -0.15) is 0 Å². The van der Waals surface area contributed by atoms with Gasteiger partial charge in [0, 0.05) is 11.8 Å². The highest BCUT2D eigenvalue weighted by atomic mass is 16.2. The van der Waals surface area contributed by atoms with Crippen LogP contribution in [-0.2, 0) is 4.79 Å². The van der Waals surface area contributed by atoms with Crippen LogP contribution in [0.1, 0.15) is 64.0 Å². The number of nitrogens with one attached hydrogen (secondary N) is 1. The summed E-state index contributed by atoms with van der Waals surface area (Å²) >= 11 is 0. The number of carbonyl (C=O) groups is 1. The van der Waals surface area contributed by atoms with E-state index in [1.54, 1.807) is 0 Å². The Bertz CT molecular complexity index is 496. The molecule has 2 heteroatoms. The zero-order valence-corrected chi connectivity index (χ0v) is 13.3. The molecule has 2 nitrogen and oxygen atoms in total. The number of amides is 1. The number of carbonyl (C=O) groups excluding carboxylic acids is 1. The highest BCUT2D eigenvalue weighted by Crippen LogP contribution is 2.54. The normalized spacial score (nSPS) is 32.6. The monoisotopic (exact) mass is 285 g/mol. The van der Waals surface area contributed by atoms with Gasteiger partial charge in [0.25, 0.3) is 0 Å². The molecule has 21 heavy (non-hydrogen) atoms. The maximum atomic E-state index is 12.1. The minimum atomic E-state index is 0.163. The molecule has 3 unspecified atom stereocenters. The van der Waals surface area contributed by atoms with Crippen molar-refractivity contribution in [3.63, 3.8) is 0 Å². The van der Waals surface area contributed by atoms with Crippen LogP contribution in [0, 0.1) is 17.3 Å². The van der Waals surface area contributed by atoms with Crippen LogP contribution in [0.2, 0.25) is 0 Å². The molecule has 0 aromatic heterocycles. The number of rotatable bonds is 3. The van der Waals surface area contributed by atoms with Gasteiger partial charge in [0.05, 0.1) is 6.04 Å². The van der Waals surface area contributed by atoms with Crippen molar-refractivity contribution in [1.29, 1.82) is 0 Å². The topological polar surface area (TPSA) is 29.1 Å². The standard InChI is InChI=1S/C19H27NO/c1-14(2)11-15-7-6-10-19(12-15)13-17(21)20-18(19)16-8-4-3-5-9-16/h3-5,8-9,14-15,18H,6-7,10-13H2,1-2H3,(H,20,21). The molecule has 1 aromatic carbocycles. The van der Waals surface area contributed by atoms with Gasteiger partial charge in [0.1, 0.15) is 0 Å². The van der Waals surface area contributed by atoms with Gasteiger partial charge in [-0.3, -0.25) is 4.79 Å². The van der Waals surface area contributed by atoms with Gasteiger partial charge in [-0.05, 0) is 36.7 Å². The summed E-state index contributed by atoms with van der Waals surface area (Å²) in [5.74, 6) is 1.79. The van der Waals surface area contributed by atoms with E-state index >= 15 is 0 Å². The summed E-state index contributed by atoms with van der Waals surface area (Å²) in [7, 11) is 0. The van der Waals surface area contributed by atoms with Crippen LogP contribution >= 0.6 is 0 Å². The molecule has 1 aliphatic carbocycles. The van der Waals surface area contributed by atoms with Crippen molar-refractivity contribution in [3.05, 3.63) is 35.9 Å². The quantitative estimate of drug-likeness (QED) is 0.872.